The summed E-state index contributed by atoms with van der Waals surface area (Å²) in [6.45, 7) is 0. The van der Waals surface area contributed by atoms with E-state index in [0.717, 1.165) is 11.1 Å². The van der Waals surface area contributed by atoms with Crippen LogP contribution in [-0.4, -0.2) is 32.2 Å². The molecule has 140 valence electrons. The number of benzene rings is 2. The van der Waals surface area contributed by atoms with Gasteiger partial charge in [-0.25, -0.2) is 4.98 Å². The largest absolute Gasteiger partial charge is 0.497 e. The summed E-state index contributed by atoms with van der Waals surface area (Å²) in [5, 5.41) is 2.86. The lowest BCUT2D eigenvalue weighted by Crippen LogP contribution is -2.15. The summed E-state index contributed by atoms with van der Waals surface area (Å²) in [5.74, 6) is 2.27. The Balaban J connectivity index is 1.77. The first-order valence-electron chi connectivity index (χ1n) is 8.22. The monoisotopic (exact) mass is 368 g/mol. The van der Waals surface area contributed by atoms with Gasteiger partial charge in [-0.2, -0.15) is 0 Å². The van der Waals surface area contributed by atoms with E-state index in [-0.39, 0.29) is 12.3 Å². The number of nitrogens with zero attached hydrogens (tertiary/aromatic N) is 1. The van der Waals surface area contributed by atoms with E-state index in [2.05, 4.69) is 10.3 Å². The van der Waals surface area contributed by atoms with Crippen molar-refractivity contribution in [3.63, 3.8) is 0 Å². The fourth-order valence-electron chi connectivity index (χ4n) is 2.72. The molecule has 0 saturated heterocycles. The second-order valence-corrected chi connectivity index (χ2v) is 5.68. The predicted molar refractivity (Wildman–Crippen MR) is 100 cm³/mol. The molecule has 0 spiro atoms. The topological polar surface area (TPSA) is 82.8 Å². The van der Waals surface area contributed by atoms with E-state index < -0.39 is 0 Å². The molecular weight excluding hydrogens is 348 g/mol. The molecule has 0 aliphatic rings. The zero-order valence-electron chi connectivity index (χ0n) is 15.3. The number of hydrogen-bond donors (Lipinski definition) is 1. The smallest absolute Gasteiger partial charge is 0.228 e. The highest BCUT2D eigenvalue weighted by Gasteiger charge is 2.13. The van der Waals surface area contributed by atoms with Gasteiger partial charge < -0.3 is 23.9 Å². The lowest BCUT2D eigenvalue weighted by atomic mass is 10.1. The second-order valence-electron chi connectivity index (χ2n) is 5.68. The molecule has 0 bridgehead atoms. The maximum atomic E-state index is 12.5. The van der Waals surface area contributed by atoms with E-state index in [1.807, 2.05) is 0 Å². The Morgan fingerprint density at radius 2 is 1.85 bits per heavy atom. The van der Waals surface area contributed by atoms with Crippen LogP contribution in [-0.2, 0) is 11.2 Å². The summed E-state index contributed by atoms with van der Waals surface area (Å²) >= 11 is 0. The molecule has 0 radical (unpaired) electrons. The quantitative estimate of drug-likeness (QED) is 0.687. The van der Waals surface area contributed by atoms with Crippen LogP contribution in [0.4, 0.5) is 5.69 Å². The molecule has 0 aliphatic carbocycles. The molecule has 1 N–H and O–H groups in total. The molecule has 0 unspecified atom stereocenters. The summed E-state index contributed by atoms with van der Waals surface area (Å²) in [7, 11) is 4.70. The van der Waals surface area contributed by atoms with E-state index in [0.29, 0.717) is 28.7 Å². The lowest BCUT2D eigenvalue weighted by Gasteiger charge is -2.12. The minimum Gasteiger partial charge on any atom is -0.497 e. The first kappa shape index (κ1) is 18.3. The van der Waals surface area contributed by atoms with Gasteiger partial charge in [-0.1, -0.05) is 0 Å². The van der Waals surface area contributed by atoms with Crippen molar-refractivity contribution in [3.8, 4) is 28.6 Å². The Bertz CT molecular complexity index is 922. The van der Waals surface area contributed by atoms with Crippen molar-refractivity contribution in [3.05, 3.63) is 54.6 Å². The summed E-state index contributed by atoms with van der Waals surface area (Å²) < 4.78 is 21.2. The highest BCUT2D eigenvalue weighted by molar-refractivity contribution is 5.93. The first-order valence-corrected chi connectivity index (χ1v) is 8.22. The standard InChI is InChI=1S/C20H20N2O5/c1-24-15-5-7-17(25-2)13(8-15)9-20(23)22-14-4-6-16(18(10-14)26-3)19-11-21-12-27-19/h4-8,10-12H,9H2,1-3H3,(H,22,23). The van der Waals surface area contributed by atoms with Gasteiger partial charge in [0.15, 0.2) is 12.2 Å². The summed E-state index contributed by atoms with van der Waals surface area (Å²) in [5.41, 5.74) is 2.10. The van der Waals surface area contributed by atoms with Crippen molar-refractivity contribution in [1.82, 2.24) is 4.98 Å². The Kier molecular flexibility index (Phi) is 5.61. The summed E-state index contributed by atoms with van der Waals surface area (Å²) in [4.78, 5) is 16.4. The van der Waals surface area contributed by atoms with Gasteiger partial charge in [0, 0.05) is 17.3 Å². The van der Waals surface area contributed by atoms with Gasteiger partial charge in [0.25, 0.3) is 0 Å². The second kappa shape index (κ2) is 8.27. The normalized spacial score (nSPS) is 10.3. The molecule has 7 heteroatoms. The van der Waals surface area contributed by atoms with Crippen LogP contribution in [0.15, 0.2) is 53.4 Å². The number of rotatable bonds is 7. The lowest BCUT2D eigenvalue weighted by molar-refractivity contribution is -0.115. The number of aromatic nitrogens is 1. The van der Waals surface area contributed by atoms with Gasteiger partial charge in [0.05, 0.1) is 39.5 Å². The maximum Gasteiger partial charge on any atom is 0.228 e. The van der Waals surface area contributed by atoms with Crippen LogP contribution in [0.2, 0.25) is 0 Å². The molecule has 1 amide bonds. The number of oxazole rings is 1. The average Bonchev–Trinajstić information content (AvgIpc) is 3.22. The number of anilines is 1. The van der Waals surface area contributed by atoms with Crippen LogP contribution in [0, 0.1) is 0 Å². The molecule has 3 aromatic rings. The number of carbonyl (C=O) groups is 1. The highest BCUT2D eigenvalue weighted by atomic mass is 16.5. The summed E-state index contributed by atoms with van der Waals surface area (Å²) in [6.07, 6.45) is 3.10. The van der Waals surface area contributed by atoms with Gasteiger partial charge >= 0.3 is 0 Å². The molecule has 1 heterocycles. The van der Waals surface area contributed by atoms with Crippen LogP contribution in [0.3, 0.4) is 0 Å². The molecule has 3 rings (SSSR count). The summed E-state index contributed by atoms with van der Waals surface area (Å²) in [6, 6.07) is 10.7. The Labute approximate surface area is 156 Å². The van der Waals surface area contributed by atoms with Gasteiger partial charge in [-0.15, -0.1) is 0 Å². The van der Waals surface area contributed by atoms with Crippen molar-refractivity contribution in [1.29, 1.82) is 0 Å². The SMILES string of the molecule is COc1ccc(OC)c(CC(=O)Nc2ccc(-c3cnco3)c(OC)c2)c1. The number of hydrogen-bond acceptors (Lipinski definition) is 6. The van der Waals surface area contributed by atoms with Crippen molar-refractivity contribution in [2.24, 2.45) is 0 Å². The Morgan fingerprint density at radius 1 is 1.04 bits per heavy atom. The van der Waals surface area contributed by atoms with Crippen LogP contribution in [0.25, 0.3) is 11.3 Å². The zero-order valence-corrected chi connectivity index (χ0v) is 15.3. The van der Waals surface area contributed by atoms with Gasteiger partial charge in [-0.05, 0) is 30.3 Å². The number of carbonyl (C=O) groups excluding carboxylic acids is 1. The van der Waals surface area contributed by atoms with Gasteiger partial charge in [-0.3, -0.25) is 4.79 Å². The number of amides is 1. The molecule has 0 aliphatic heterocycles. The number of nitrogens with one attached hydrogen (secondary N) is 1. The molecule has 0 fully saturated rings. The fourth-order valence-corrected chi connectivity index (χ4v) is 2.72. The Hall–Kier alpha value is -3.48. The van der Waals surface area contributed by atoms with E-state index in [1.54, 1.807) is 63.9 Å². The molecule has 0 saturated carbocycles. The fraction of sp³-hybridized carbons (Fsp3) is 0.200. The minimum absolute atomic E-state index is 0.145. The third kappa shape index (κ3) is 4.20. The van der Waals surface area contributed by atoms with E-state index in [4.69, 9.17) is 18.6 Å². The molecule has 7 nitrogen and oxygen atoms in total. The van der Waals surface area contributed by atoms with E-state index >= 15 is 0 Å². The number of methoxy groups -OCH3 is 3. The van der Waals surface area contributed by atoms with Gasteiger partial charge in [0.2, 0.25) is 5.91 Å². The third-order valence-corrected chi connectivity index (χ3v) is 4.02. The van der Waals surface area contributed by atoms with Crippen molar-refractivity contribution < 1.29 is 23.4 Å². The van der Waals surface area contributed by atoms with Crippen LogP contribution in [0.5, 0.6) is 17.2 Å². The average molecular weight is 368 g/mol. The number of ether oxygens (including phenoxy) is 3. The van der Waals surface area contributed by atoms with Crippen molar-refractivity contribution >= 4 is 11.6 Å². The molecule has 2 aromatic carbocycles. The predicted octanol–water partition coefficient (Wildman–Crippen LogP) is 3.55. The van der Waals surface area contributed by atoms with Crippen molar-refractivity contribution in [2.75, 3.05) is 26.6 Å². The minimum atomic E-state index is -0.184. The molecule has 27 heavy (non-hydrogen) atoms. The van der Waals surface area contributed by atoms with E-state index in [1.165, 1.54) is 6.39 Å². The molecular formula is C20H20N2O5. The van der Waals surface area contributed by atoms with Crippen LogP contribution in [0.1, 0.15) is 5.56 Å². The maximum absolute atomic E-state index is 12.5. The van der Waals surface area contributed by atoms with Crippen LogP contribution < -0.4 is 19.5 Å². The van der Waals surface area contributed by atoms with Crippen molar-refractivity contribution in [2.45, 2.75) is 6.42 Å². The first-order chi connectivity index (χ1) is 13.1. The highest BCUT2D eigenvalue weighted by Crippen LogP contribution is 2.32. The van der Waals surface area contributed by atoms with E-state index in [9.17, 15) is 4.79 Å². The van der Waals surface area contributed by atoms with Crippen LogP contribution >= 0.6 is 0 Å². The zero-order chi connectivity index (χ0) is 19.2. The Morgan fingerprint density at radius 3 is 2.52 bits per heavy atom. The third-order valence-electron chi connectivity index (χ3n) is 4.02. The van der Waals surface area contributed by atoms with Gasteiger partial charge in [0.1, 0.15) is 17.2 Å². The molecule has 0 atom stereocenters. The molecule has 1 aromatic heterocycles.